The first kappa shape index (κ1) is 18.1. The molecule has 3 rings (SSSR count). The molecular weight excluding hydrogens is 344 g/mol. The first-order valence-electron chi connectivity index (χ1n) is 8.31. The van der Waals surface area contributed by atoms with E-state index in [-0.39, 0.29) is 13.2 Å². The zero-order valence-corrected chi connectivity index (χ0v) is 14.5. The third kappa shape index (κ3) is 5.40. The molecule has 3 aromatic rings. The van der Waals surface area contributed by atoms with Crippen LogP contribution in [0, 0.1) is 0 Å². The van der Waals surface area contributed by atoms with Gasteiger partial charge < -0.3 is 15.2 Å². The van der Waals surface area contributed by atoms with E-state index in [1.54, 1.807) is 30.3 Å². The Balaban J connectivity index is 1.56. The van der Waals surface area contributed by atoms with E-state index in [1.807, 2.05) is 36.4 Å². The average Bonchev–Trinajstić information content (AvgIpc) is 2.69. The average molecular weight is 362 g/mol. The van der Waals surface area contributed by atoms with E-state index in [2.05, 4.69) is 4.98 Å². The zero-order valence-electron chi connectivity index (χ0n) is 14.5. The van der Waals surface area contributed by atoms with Gasteiger partial charge in [-0.2, -0.15) is 0 Å². The van der Waals surface area contributed by atoms with Gasteiger partial charge >= 0.3 is 5.97 Å². The Morgan fingerprint density at radius 3 is 2.74 bits per heavy atom. The van der Waals surface area contributed by atoms with E-state index in [4.69, 9.17) is 15.2 Å². The number of esters is 1. The van der Waals surface area contributed by atoms with Crippen LogP contribution in [0.2, 0.25) is 0 Å². The smallest absolute Gasteiger partial charge is 0.331 e. The van der Waals surface area contributed by atoms with Crippen LogP contribution in [0.4, 0.5) is 0 Å². The Morgan fingerprint density at radius 1 is 1.04 bits per heavy atom. The highest BCUT2D eigenvalue weighted by Gasteiger charge is 2.03. The molecule has 6 nitrogen and oxygen atoms in total. The van der Waals surface area contributed by atoms with E-state index < -0.39 is 11.9 Å². The Bertz CT molecular complexity index is 998. The highest BCUT2D eigenvalue weighted by Crippen LogP contribution is 2.15. The van der Waals surface area contributed by atoms with Crippen LogP contribution in [0.1, 0.15) is 11.3 Å². The van der Waals surface area contributed by atoms with Crippen LogP contribution >= 0.6 is 0 Å². The van der Waals surface area contributed by atoms with Gasteiger partial charge in [0, 0.05) is 11.5 Å². The molecule has 0 saturated heterocycles. The number of pyridine rings is 1. The Hall–Kier alpha value is -3.67. The minimum atomic E-state index is -0.556. The normalized spacial score (nSPS) is 10.8. The highest BCUT2D eigenvalue weighted by molar-refractivity contribution is 5.87. The van der Waals surface area contributed by atoms with E-state index in [1.165, 1.54) is 6.08 Å². The number of amides is 1. The molecule has 1 aromatic heterocycles. The maximum Gasteiger partial charge on any atom is 0.331 e. The first-order valence-corrected chi connectivity index (χ1v) is 8.31. The van der Waals surface area contributed by atoms with Crippen molar-refractivity contribution < 1.29 is 19.1 Å². The maximum absolute atomic E-state index is 11.9. The number of rotatable bonds is 7. The fourth-order valence-corrected chi connectivity index (χ4v) is 2.41. The molecule has 136 valence electrons. The molecule has 27 heavy (non-hydrogen) atoms. The number of benzene rings is 2. The first-order chi connectivity index (χ1) is 13.1. The van der Waals surface area contributed by atoms with Crippen molar-refractivity contribution in [1.29, 1.82) is 0 Å². The minimum Gasteiger partial charge on any atom is -0.484 e. The van der Waals surface area contributed by atoms with Gasteiger partial charge in [0.2, 0.25) is 0 Å². The summed E-state index contributed by atoms with van der Waals surface area (Å²) in [5.74, 6) is -0.550. The van der Waals surface area contributed by atoms with Gasteiger partial charge in [0.1, 0.15) is 12.4 Å². The predicted octanol–water partition coefficient (Wildman–Crippen LogP) is 2.86. The summed E-state index contributed by atoms with van der Waals surface area (Å²) in [5.41, 5.74) is 7.32. The molecule has 0 aliphatic heterocycles. The van der Waals surface area contributed by atoms with Crippen molar-refractivity contribution in [2.45, 2.75) is 6.61 Å². The molecule has 6 heteroatoms. The monoisotopic (exact) mass is 362 g/mol. The summed E-state index contributed by atoms with van der Waals surface area (Å²) in [4.78, 5) is 27.1. The molecule has 1 amide bonds. The summed E-state index contributed by atoms with van der Waals surface area (Å²) >= 11 is 0. The van der Waals surface area contributed by atoms with Crippen molar-refractivity contribution in [2.75, 3.05) is 6.61 Å². The molecule has 0 aliphatic rings. The molecule has 0 spiro atoms. The molecule has 0 radical (unpaired) electrons. The van der Waals surface area contributed by atoms with Crippen molar-refractivity contribution >= 4 is 28.9 Å². The van der Waals surface area contributed by atoms with Gasteiger partial charge in [-0.15, -0.1) is 0 Å². The lowest BCUT2D eigenvalue weighted by Gasteiger charge is -2.06. The summed E-state index contributed by atoms with van der Waals surface area (Å²) in [6, 6.07) is 18.5. The number of carbonyl (C=O) groups excluding carboxylic acids is 2. The summed E-state index contributed by atoms with van der Waals surface area (Å²) in [5, 5.41) is 1.04. The Morgan fingerprint density at radius 2 is 1.89 bits per heavy atom. The largest absolute Gasteiger partial charge is 0.484 e. The van der Waals surface area contributed by atoms with Crippen molar-refractivity contribution in [3.05, 3.63) is 78.0 Å². The number of nitrogens with two attached hydrogens (primary N) is 1. The van der Waals surface area contributed by atoms with Gasteiger partial charge in [0.25, 0.3) is 5.91 Å². The predicted molar refractivity (Wildman–Crippen MR) is 102 cm³/mol. The second kappa shape index (κ2) is 8.62. The molecule has 2 aromatic carbocycles. The van der Waals surface area contributed by atoms with Gasteiger partial charge in [-0.05, 0) is 35.9 Å². The van der Waals surface area contributed by atoms with E-state index in [0.29, 0.717) is 11.4 Å². The Kier molecular flexibility index (Phi) is 5.79. The number of carbonyl (C=O) groups is 2. The Labute approximate surface area is 156 Å². The second-order valence-corrected chi connectivity index (χ2v) is 5.77. The molecule has 0 saturated carbocycles. The number of fused-ring (bicyclic) bond motifs is 1. The van der Waals surface area contributed by atoms with Crippen molar-refractivity contribution in [1.82, 2.24) is 4.98 Å². The number of ether oxygens (including phenoxy) is 2. The van der Waals surface area contributed by atoms with E-state index in [9.17, 15) is 9.59 Å². The number of hydrogen-bond acceptors (Lipinski definition) is 5. The van der Waals surface area contributed by atoms with Crippen LogP contribution in [0.15, 0.2) is 66.7 Å². The van der Waals surface area contributed by atoms with Crippen LogP contribution in [0.5, 0.6) is 5.75 Å². The highest BCUT2D eigenvalue weighted by atomic mass is 16.5. The lowest BCUT2D eigenvalue weighted by atomic mass is 10.2. The third-order valence-electron chi connectivity index (χ3n) is 3.67. The quantitative estimate of drug-likeness (QED) is 0.515. The van der Waals surface area contributed by atoms with Gasteiger partial charge in [-0.1, -0.05) is 36.4 Å². The second-order valence-electron chi connectivity index (χ2n) is 5.77. The summed E-state index contributed by atoms with van der Waals surface area (Å²) in [6.45, 7) is -0.118. The molecule has 0 fully saturated rings. The zero-order chi connectivity index (χ0) is 19.1. The standard InChI is InChI=1S/C21H18N2O4/c22-20(24)14-26-18-6-3-4-15(12-18)13-27-21(25)11-10-17-9-8-16-5-1-2-7-19(16)23-17/h1-12H,13-14H2,(H2,22,24)/b11-10+. The number of nitrogens with zero attached hydrogens (tertiary/aromatic N) is 1. The lowest BCUT2D eigenvalue weighted by Crippen LogP contribution is -2.20. The molecule has 0 atom stereocenters. The van der Waals surface area contributed by atoms with Gasteiger partial charge in [-0.25, -0.2) is 9.78 Å². The van der Waals surface area contributed by atoms with E-state index in [0.717, 1.165) is 16.5 Å². The number of hydrogen-bond donors (Lipinski definition) is 1. The minimum absolute atomic E-state index is 0.0854. The maximum atomic E-state index is 11.9. The fourth-order valence-electron chi connectivity index (χ4n) is 2.41. The SMILES string of the molecule is NC(=O)COc1cccc(COC(=O)/C=C/c2ccc3ccccc3n2)c1. The van der Waals surface area contributed by atoms with Crippen molar-refractivity contribution in [2.24, 2.45) is 5.73 Å². The summed E-state index contributed by atoms with van der Waals surface area (Å²) in [6.07, 6.45) is 2.95. The van der Waals surface area contributed by atoms with Gasteiger partial charge in [-0.3, -0.25) is 4.79 Å². The topological polar surface area (TPSA) is 91.5 Å². The molecule has 0 bridgehead atoms. The lowest BCUT2D eigenvalue weighted by molar-refractivity contribution is -0.138. The van der Waals surface area contributed by atoms with Crippen molar-refractivity contribution in [3.63, 3.8) is 0 Å². The molecule has 2 N–H and O–H groups in total. The van der Waals surface area contributed by atoms with Gasteiger partial charge in [0.05, 0.1) is 11.2 Å². The van der Waals surface area contributed by atoms with Crippen LogP contribution in [0.3, 0.4) is 0 Å². The molecular formula is C21H18N2O4. The van der Waals surface area contributed by atoms with Crippen molar-refractivity contribution in [3.8, 4) is 5.75 Å². The molecule has 0 aliphatic carbocycles. The third-order valence-corrected chi connectivity index (χ3v) is 3.67. The molecule has 0 unspecified atom stereocenters. The van der Waals surface area contributed by atoms with Crippen LogP contribution in [-0.4, -0.2) is 23.5 Å². The number of para-hydroxylation sites is 1. The van der Waals surface area contributed by atoms with Crippen LogP contribution in [0.25, 0.3) is 17.0 Å². The summed E-state index contributed by atoms with van der Waals surface area (Å²) < 4.78 is 10.4. The number of primary amides is 1. The van der Waals surface area contributed by atoms with E-state index >= 15 is 0 Å². The van der Waals surface area contributed by atoms with Gasteiger partial charge in [0.15, 0.2) is 6.61 Å². The van der Waals surface area contributed by atoms with Crippen LogP contribution in [-0.2, 0) is 20.9 Å². The molecule has 1 heterocycles. The summed E-state index contributed by atoms with van der Waals surface area (Å²) in [7, 11) is 0. The number of aromatic nitrogens is 1. The van der Waals surface area contributed by atoms with Crippen LogP contribution < -0.4 is 10.5 Å². The fraction of sp³-hybridized carbons (Fsp3) is 0.0952.